The fourth-order valence-electron chi connectivity index (χ4n) is 2.29. The molecular formula is C16H17BrClNO2. The molecule has 0 spiro atoms. The number of benzene rings is 2. The molecule has 0 amide bonds. The van der Waals surface area contributed by atoms with Gasteiger partial charge in [-0.2, -0.15) is 0 Å². The van der Waals surface area contributed by atoms with Gasteiger partial charge in [0.2, 0.25) is 0 Å². The number of methoxy groups -OCH3 is 2. The van der Waals surface area contributed by atoms with Gasteiger partial charge < -0.3 is 15.2 Å². The number of aryl methyl sites for hydroxylation is 1. The van der Waals surface area contributed by atoms with Gasteiger partial charge in [-0.25, -0.2) is 0 Å². The highest BCUT2D eigenvalue weighted by molar-refractivity contribution is 9.10. The van der Waals surface area contributed by atoms with E-state index in [-0.39, 0.29) is 6.04 Å². The maximum Gasteiger partial charge on any atom is 0.146 e. The Hall–Kier alpha value is -1.23. The molecule has 5 heteroatoms. The van der Waals surface area contributed by atoms with Gasteiger partial charge in [-0.15, -0.1) is 0 Å². The van der Waals surface area contributed by atoms with E-state index in [0.717, 1.165) is 21.2 Å². The Morgan fingerprint density at radius 3 is 2.43 bits per heavy atom. The third-order valence-electron chi connectivity index (χ3n) is 3.27. The molecule has 0 heterocycles. The van der Waals surface area contributed by atoms with Crippen molar-refractivity contribution in [3.8, 4) is 11.5 Å². The van der Waals surface area contributed by atoms with E-state index >= 15 is 0 Å². The van der Waals surface area contributed by atoms with Crippen LogP contribution in [0.1, 0.15) is 22.7 Å². The Labute approximate surface area is 138 Å². The minimum absolute atomic E-state index is 0.334. The van der Waals surface area contributed by atoms with Crippen molar-refractivity contribution >= 4 is 27.5 Å². The van der Waals surface area contributed by atoms with E-state index in [0.29, 0.717) is 16.5 Å². The molecular weight excluding hydrogens is 354 g/mol. The average molecular weight is 371 g/mol. The smallest absolute Gasteiger partial charge is 0.146 e. The summed E-state index contributed by atoms with van der Waals surface area (Å²) in [6.07, 6.45) is 0. The van der Waals surface area contributed by atoms with Gasteiger partial charge in [0.1, 0.15) is 16.5 Å². The van der Waals surface area contributed by atoms with Crippen molar-refractivity contribution in [2.24, 2.45) is 5.73 Å². The van der Waals surface area contributed by atoms with Gasteiger partial charge in [0, 0.05) is 10.0 Å². The molecule has 1 atom stereocenters. The lowest BCUT2D eigenvalue weighted by Crippen LogP contribution is -2.13. The van der Waals surface area contributed by atoms with Crippen molar-refractivity contribution in [1.82, 2.24) is 0 Å². The predicted molar refractivity (Wildman–Crippen MR) is 89.5 cm³/mol. The first kappa shape index (κ1) is 16.1. The first-order chi connectivity index (χ1) is 9.97. The molecule has 2 rings (SSSR count). The Kier molecular flexibility index (Phi) is 5.14. The molecule has 3 nitrogen and oxygen atoms in total. The van der Waals surface area contributed by atoms with Gasteiger partial charge in [-0.05, 0) is 42.3 Å². The van der Waals surface area contributed by atoms with Crippen LogP contribution in [0.5, 0.6) is 11.5 Å². The van der Waals surface area contributed by atoms with Crippen LogP contribution in [0.3, 0.4) is 0 Å². The second-order valence-corrected chi connectivity index (χ2v) is 6.04. The van der Waals surface area contributed by atoms with E-state index in [1.807, 2.05) is 31.2 Å². The van der Waals surface area contributed by atoms with E-state index in [4.69, 9.17) is 26.8 Å². The highest BCUT2D eigenvalue weighted by Gasteiger charge is 2.19. The molecule has 2 N–H and O–H groups in total. The zero-order valence-corrected chi connectivity index (χ0v) is 14.5. The van der Waals surface area contributed by atoms with Gasteiger partial charge in [-0.1, -0.05) is 33.6 Å². The van der Waals surface area contributed by atoms with Gasteiger partial charge in [0.15, 0.2) is 0 Å². The molecule has 21 heavy (non-hydrogen) atoms. The van der Waals surface area contributed by atoms with Crippen molar-refractivity contribution in [3.63, 3.8) is 0 Å². The second kappa shape index (κ2) is 6.69. The Bertz CT molecular complexity index is 641. The fourth-order valence-corrected chi connectivity index (χ4v) is 3.24. The summed E-state index contributed by atoms with van der Waals surface area (Å²) in [5, 5.41) is 0.430. The maximum absolute atomic E-state index is 6.39. The number of halogens is 2. The van der Waals surface area contributed by atoms with Crippen molar-refractivity contribution < 1.29 is 9.47 Å². The molecule has 2 aromatic rings. The quantitative estimate of drug-likeness (QED) is 0.863. The van der Waals surface area contributed by atoms with E-state index in [9.17, 15) is 0 Å². The number of rotatable bonds is 4. The number of hydrogen-bond acceptors (Lipinski definition) is 3. The average Bonchev–Trinajstić information content (AvgIpc) is 2.45. The highest BCUT2D eigenvalue weighted by Crippen LogP contribution is 2.40. The lowest BCUT2D eigenvalue weighted by molar-refractivity contribution is 0.390. The summed E-state index contributed by atoms with van der Waals surface area (Å²) in [6.45, 7) is 2.03. The van der Waals surface area contributed by atoms with Crippen LogP contribution in [0.15, 0.2) is 34.8 Å². The molecule has 0 radical (unpaired) electrons. The van der Waals surface area contributed by atoms with Gasteiger partial charge in [0.25, 0.3) is 0 Å². The van der Waals surface area contributed by atoms with E-state index < -0.39 is 0 Å². The third-order valence-corrected chi connectivity index (χ3v) is 4.09. The molecule has 0 bridgehead atoms. The van der Waals surface area contributed by atoms with Crippen LogP contribution in [0, 0.1) is 6.92 Å². The molecule has 0 fully saturated rings. The molecule has 0 saturated heterocycles. The predicted octanol–water partition coefficient (Wildman–Crippen LogP) is 4.48. The summed E-state index contributed by atoms with van der Waals surface area (Å²) in [5.74, 6) is 1.11. The third kappa shape index (κ3) is 3.34. The Morgan fingerprint density at radius 1 is 1.14 bits per heavy atom. The van der Waals surface area contributed by atoms with Crippen molar-refractivity contribution in [1.29, 1.82) is 0 Å². The van der Waals surface area contributed by atoms with Crippen LogP contribution in [0.4, 0.5) is 0 Å². The van der Waals surface area contributed by atoms with Crippen LogP contribution < -0.4 is 15.2 Å². The van der Waals surface area contributed by atoms with E-state index in [1.54, 1.807) is 20.3 Å². The van der Waals surface area contributed by atoms with Crippen LogP contribution >= 0.6 is 27.5 Å². The summed E-state index contributed by atoms with van der Waals surface area (Å²) in [4.78, 5) is 0. The van der Waals surface area contributed by atoms with E-state index in [2.05, 4.69) is 15.9 Å². The molecule has 0 aliphatic heterocycles. The number of hydrogen-bond donors (Lipinski definition) is 1. The summed E-state index contributed by atoms with van der Waals surface area (Å²) in [7, 11) is 3.14. The van der Waals surface area contributed by atoms with Gasteiger partial charge in [0.05, 0.1) is 20.3 Å². The first-order valence-electron chi connectivity index (χ1n) is 6.41. The molecule has 0 saturated carbocycles. The van der Waals surface area contributed by atoms with Crippen molar-refractivity contribution in [2.45, 2.75) is 13.0 Å². The molecule has 1 unspecified atom stereocenters. The summed E-state index contributed by atoms with van der Waals surface area (Å²) < 4.78 is 11.6. The Morgan fingerprint density at radius 2 is 1.86 bits per heavy atom. The summed E-state index contributed by atoms with van der Waals surface area (Å²) in [6, 6.07) is 9.42. The van der Waals surface area contributed by atoms with E-state index in [1.165, 1.54) is 0 Å². The van der Waals surface area contributed by atoms with Gasteiger partial charge >= 0.3 is 0 Å². The monoisotopic (exact) mass is 369 g/mol. The summed E-state index contributed by atoms with van der Waals surface area (Å²) >= 11 is 9.79. The topological polar surface area (TPSA) is 44.5 Å². The number of ether oxygens (including phenoxy) is 2. The zero-order chi connectivity index (χ0) is 15.6. The standard InChI is InChI=1S/C16H17BrClNO2/c1-9-6-10(8-11(17)7-9)15(19)12-4-5-13(20-2)14(18)16(12)21-3/h4-8,15H,19H2,1-3H3. The molecule has 112 valence electrons. The minimum atomic E-state index is -0.334. The summed E-state index contributed by atoms with van der Waals surface area (Å²) in [5.41, 5.74) is 9.33. The van der Waals surface area contributed by atoms with Crippen LogP contribution in [0.2, 0.25) is 5.02 Å². The van der Waals surface area contributed by atoms with Crippen LogP contribution in [-0.4, -0.2) is 14.2 Å². The lowest BCUT2D eigenvalue weighted by atomic mass is 9.97. The first-order valence-corrected chi connectivity index (χ1v) is 7.58. The minimum Gasteiger partial charge on any atom is -0.495 e. The van der Waals surface area contributed by atoms with Crippen LogP contribution in [-0.2, 0) is 0 Å². The Balaban J connectivity index is 2.52. The van der Waals surface area contributed by atoms with Crippen molar-refractivity contribution in [3.05, 3.63) is 56.5 Å². The molecule has 0 aliphatic rings. The molecule has 0 aliphatic carbocycles. The SMILES string of the molecule is COc1ccc(C(N)c2cc(C)cc(Br)c2)c(OC)c1Cl. The number of nitrogens with two attached hydrogens (primary N) is 1. The normalized spacial score (nSPS) is 12.1. The highest BCUT2D eigenvalue weighted by atomic mass is 79.9. The fraction of sp³-hybridized carbons (Fsp3) is 0.250. The van der Waals surface area contributed by atoms with Gasteiger partial charge in [-0.3, -0.25) is 0 Å². The second-order valence-electron chi connectivity index (χ2n) is 4.74. The lowest BCUT2D eigenvalue weighted by Gasteiger charge is -2.19. The zero-order valence-electron chi connectivity index (χ0n) is 12.1. The largest absolute Gasteiger partial charge is 0.495 e. The maximum atomic E-state index is 6.39. The molecule has 0 aromatic heterocycles. The van der Waals surface area contributed by atoms with Crippen LogP contribution in [0.25, 0.3) is 0 Å². The van der Waals surface area contributed by atoms with Crippen molar-refractivity contribution in [2.75, 3.05) is 14.2 Å². The molecule has 2 aromatic carbocycles.